The van der Waals surface area contributed by atoms with Crippen molar-refractivity contribution in [1.29, 1.82) is 0 Å². The van der Waals surface area contributed by atoms with E-state index in [0.717, 1.165) is 3.57 Å². The van der Waals surface area contributed by atoms with Gasteiger partial charge in [0.25, 0.3) is 0 Å². The Labute approximate surface area is 117 Å². The zero-order chi connectivity index (χ0) is 13.3. The van der Waals surface area contributed by atoms with Crippen LogP contribution in [0.2, 0.25) is 0 Å². The van der Waals surface area contributed by atoms with Crippen molar-refractivity contribution in [2.75, 3.05) is 0 Å². The van der Waals surface area contributed by atoms with Gasteiger partial charge in [0, 0.05) is 27.9 Å². The van der Waals surface area contributed by atoms with Gasteiger partial charge in [-0.3, -0.25) is 4.79 Å². The van der Waals surface area contributed by atoms with Crippen molar-refractivity contribution in [3.63, 3.8) is 0 Å². The fourth-order valence-electron chi connectivity index (χ4n) is 1.70. The number of ketones is 1. The van der Waals surface area contributed by atoms with Crippen LogP contribution in [0.3, 0.4) is 0 Å². The predicted octanol–water partition coefficient (Wildman–Crippen LogP) is 2.56. The lowest BCUT2D eigenvalue weighted by molar-refractivity contribution is 0.0686. The molecule has 0 unspecified atom stereocenters. The molecule has 2 aromatic rings. The molecule has 1 heterocycles. The monoisotopic (exact) mass is 355 g/mol. The van der Waals surface area contributed by atoms with Crippen molar-refractivity contribution in [2.45, 2.75) is 0 Å². The highest BCUT2D eigenvalue weighted by atomic mass is 127. The van der Waals surface area contributed by atoms with E-state index in [0.29, 0.717) is 11.1 Å². The molecular formula is C13H10INO3. The largest absolute Gasteiger partial charge is 0.477 e. The summed E-state index contributed by atoms with van der Waals surface area (Å²) in [7, 11) is 1.61. The summed E-state index contributed by atoms with van der Waals surface area (Å²) in [6.45, 7) is 0. The van der Waals surface area contributed by atoms with E-state index in [4.69, 9.17) is 5.11 Å². The van der Waals surface area contributed by atoms with Crippen LogP contribution in [0.5, 0.6) is 0 Å². The molecule has 0 saturated carbocycles. The number of aryl methyl sites for hydroxylation is 1. The molecule has 0 atom stereocenters. The molecule has 0 saturated heterocycles. The van der Waals surface area contributed by atoms with Gasteiger partial charge in [-0.25, -0.2) is 4.79 Å². The quantitative estimate of drug-likeness (QED) is 0.680. The fourth-order valence-corrected chi connectivity index (χ4v) is 2.24. The summed E-state index contributed by atoms with van der Waals surface area (Å²) in [4.78, 5) is 23.1. The molecule has 1 aromatic carbocycles. The number of hydrogen-bond donors (Lipinski definition) is 1. The number of benzene rings is 1. The maximum Gasteiger partial charge on any atom is 0.352 e. The van der Waals surface area contributed by atoms with E-state index in [1.165, 1.54) is 16.8 Å². The molecule has 18 heavy (non-hydrogen) atoms. The Balaban J connectivity index is 2.40. The van der Waals surface area contributed by atoms with E-state index in [1.54, 1.807) is 25.2 Å². The topological polar surface area (TPSA) is 59.3 Å². The minimum Gasteiger partial charge on any atom is -0.477 e. The van der Waals surface area contributed by atoms with Gasteiger partial charge in [-0.2, -0.15) is 0 Å². The zero-order valence-electron chi connectivity index (χ0n) is 9.55. The average molecular weight is 355 g/mol. The average Bonchev–Trinajstić information content (AvgIpc) is 2.70. The Morgan fingerprint density at radius 2 is 1.94 bits per heavy atom. The third kappa shape index (κ3) is 2.45. The lowest BCUT2D eigenvalue weighted by Crippen LogP contribution is -2.02. The minimum absolute atomic E-state index is 0.101. The van der Waals surface area contributed by atoms with Gasteiger partial charge in [-0.05, 0) is 40.8 Å². The van der Waals surface area contributed by atoms with Crippen LogP contribution in [-0.4, -0.2) is 21.4 Å². The number of nitrogens with zero attached hydrogens (tertiary/aromatic N) is 1. The maximum atomic E-state index is 12.2. The van der Waals surface area contributed by atoms with Gasteiger partial charge in [-0.1, -0.05) is 12.1 Å². The van der Waals surface area contributed by atoms with Crippen molar-refractivity contribution in [1.82, 2.24) is 4.57 Å². The van der Waals surface area contributed by atoms with Crippen LogP contribution in [0.1, 0.15) is 26.4 Å². The van der Waals surface area contributed by atoms with Crippen molar-refractivity contribution >= 4 is 34.3 Å². The van der Waals surface area contributed by atoms with Crippen molar-refractivity contribution in [2.24, 2.45) is 7.05 Å². The van der Waals surface area contributed by atoms with Crippen LogP contribution in [0.25, 0.3) is 0 Å². The first kappa shape index (κ1) is 12.8. The molecule has 0 aliphatic rings. The highest BCUT2D eigenvalue weighted by molar-refractivity contribution is 14.1. The zero-order valence-corrected chi connectivity index (χ0v) is 11.7. The third-order valence-corrected chi connectivity index (χ3v) is 3.24. The maximum absolute atomic E-state index is 12.2. The molecule has 0 fully saturated rings. The first-order valence-corrected chi connectivity index (χ1v) is 6.27. The molecule has 1 N–H and O–H groups in total. The van der Waals surface area contributed by atoms with Crippen LogP contribution in [0, 0.1) is 3.57 Å². The van der Waals surface area contributed by atoms with Crippen LogP contribution in [0.15, 0.2) is 36.5 Å². The molecule has 0 amide bonds. The lowest BCUT2D eigenvalue weighted by atomic mass is 10.1. The van der Waals surface area contributed by atoms with Crippen molar-refractivity contribution in [3.05, 3.63) is 56.9 Å². The second-order valence-corrected chi connectivity index (χ2v) is 5.12. The van der Waals surface area contributed by atoms with E-state index in [-0.39, 0.29) is 11.5 Å². The van der Waals surface area contributed by atoms with Gasteiger partial charge in [0.05, 0.1) is 0 Å². The van der Waals surface area contributed by atoms with Crippen LogP contribution in [0.4, 0.5) is 0 Å². The number of halogens is 1. The molecule has 92 valence electrons. The van der Waals surface area contributed by atoms with Gasteiger partial charge in [-0.15, -0.1) is 0 Å². The molecule has 2 rings (SSSR count). The highest BCUT2D eigenvalue weighted by Gasteiger charge is 2.16. The van der Waals surface area contributed by atoms with Gasteiger partial charge in [0.15, 0.2) is 5.78 Å². The fraction of sp³-hybridized carbons (Fsp3) is 0.0769. The molecule has 4 nitrogen and oxygen atoms in total. The summed E-state index contributed by atoms with van der Waals surface area (Å²) in [6, 6.07) is 8.58. The van der Waals surface area contributed by atoms with Crippen molar-refractivity contribution in [3.8, 4) is 0 Å². The lowest BCUT2D eigenvalue weighted by Gasteiger charge is -1.98. The third-order valence-electron chi connectivity index (χ3n) is 2.57. The molecule has 0 spiro atoms. The number of rotatable bonds is 3. The highest BCUT2D eigenvalue weighted by Crippen LogP contribution is 2.15. The summed E-state index contributed by atoms with van der Waals surface area (Å²) in [5.74, 6) is -1.21. The summed E-state index contributed by atoms with van der Waals surface area (Å²) in [5, 5.41) is 8.94. The normalized spacial score (nSPS) is 10.3. The Morgan fingerprint density at radius 3 is 2.50 bits per heavy atom. The number of carbonyl (C=O) groups excluding carboxylic acids is 1. The molecule has 1 aromatic heterocycles. The van der Waals surface area contributed by atoms with Crippen LogP contribution >= 0.6 is 22.6 Å². The second kappa shape index (κ2) is 4.93. The van der Waals surface area contributed by atoms with Crippen LogP contribution < -0.4 is 0 Å². The SMILES string of the molecule is Cn1cc(C(=O)c2cccc(I)c2)cc1C(=O)O. The minimum atomic E-state index is -1.04. The molecule has 5 heteroatoms. The Bertz CT molecular complexity index is 631. The Morgan fingerprint density at radius 1 is 1.22 bits per heavy atom. The number of carboxylic acid groups (broad SMARTS) is 1. The summed E-state index contributed by atoms with van der Waals surface area (Å²) in [6.07, 6.45) is 1.53. The number of aromatic carboxylic acids is 1. The van der Waals surface area contributed by atoms with Gasteiger partial charge >= 0.3 is 5.97 Å². The first-order valence-electron chi connectivity index (χ1n) is 5.19. The van der Waals surface area contributed by atoms with E-state index < -0.39 is 5.97 Å². The summed E-state index contributed by atoms with van der Waals surface area (Å²) >= 11 is 2.13. The Hall–Kier alpha value is -1.63. The number of aromatic nitrogens is 1. The molecule has 0 aliphatic carbocycles. The summed E-state index contributed by atoms with van der Waals surface area (Å²) < 4.78 is 2.40. The van der Waals surface area contributed by atoms with Gasteiger partial charge in [0.2, 0.25) is 0 Å². The van der Waals surface area contributed by atoms with E-state index in [2.05, 4.69) is 22.6 Å². The number of carboxylic acids is 1. The Kier molecular flexibility index (Phi) is 3.51. The van der Waals surface area contributed by atoms with E-state index in [9.17, 15) is 9.59 Å². The standard InChI is InChI=1S/C13H10INO3/c1-15-7-9(6-11(15)13(17)18)12(16)8-3-2-4-10(14)5-8/h2-7H,1H3,(H,17,18). The van der Waals surface area contributed by atoms with Crippen molar-refractivity contribution < 1.29 is 14.7 Å². The number of hydrogen-bond acceptors (Lipinski definition) is 2. The summed E-state index contributed by atoms with van der Waals surface area (Å²) in [5.41, 5.74) is 1.05. The van der Waals surface area contributed by atoms with E-state index in [1.807, 2.05) is 6.07 Å². The number of carbonyl (C=O) groups is 2. The van der Waals surface area contributed by atoms with Gasteiger partial charge < -0.3 is 9.67 Å². The van der Waals surface area contributed by atoms with E-state index >= 15 is 0 Å². The van der Waals surface area contributed by atoms with Crippen LogP contribution in [-0.2, 0) is 7.05 Å². The predicted molar refractivity (Wildman–Crippen MR) is 75.0 cm³/mol. The first-order chi connectivity index (χ1) is 8.49. The molecule has 0 aliphatic heterocycles. The molecule has 0 bridgehead atoms. The van der Waals surface area contributed by atoms with Gasteiger partial charge in [0.1, 0.15) is 5.69 Å². The molecule has 0 radical (unpaired) electrons. The molecular weight excluding hydrogens is 345 g/mol. The smallest absolute Gasteiger partial charge is 0.352 e. The second-order valence-electron chi connectivity index (χ2n) is 3.87.